The second kappa shape index (κ2) is 8.66. The molecule has 0 fully saturated rings. The van der Waals surface area contributed by atoms with Crippen LogP contribution in [0.15, 0.2) is 47.3 Å². The molecule has 0 saturated carbocycles. The van der Waals surface area contributed by atoms with Gasteiger partial charge >= 0.3 is 0 Å². The minimum atomic E-state index is -3.60. The predicted octanol–water partition coefficient (Wildman–Crippen LogP) is 2.94. The number of hydrogen-bond acceptors (Lipinski definition) is 8. The van der Waals surface area contributed by atoms with Crippen molar-refractivity contribution in [1.82, 2.24) is 13.9 Å². The number of sulfone groups is 1. The van der Waals surface area contributed by atoms with Gasteiger partial charge in [0.15, 0.2) is 0 Å². The second-order valence-electron chi connectivity index (χ2n) is 5.90. The summed E-state index contributed by atoms with van der Waals surface area (Å²) in [6.07, 6.45) is 4.07. The van der Waals surface area contributed by atoms with Crippen molar-refractivity contribution < 1.29 is 17.9 Å². The Balaban J connectivity index is 1.92. The van der Waals surface area contributed by atoms with Crippen LogP contribution >= 0.6 is 23.1 Å². The van der Waals surface area contributed by atoms with Crippen molar-refractivity contribution in [2.75, 3.05) is 18.7 Å². The van der Waals surface area contributed by atoms with Crippen molar-refractivity contribution in [2.45, 2.75) is 5.16 Å². The average Bonchev–Trinajstić information content (AvgIpc) is 3.35. The summed E-state index contributed by atoms with van der Waals surface area (Å²) in [4.78, 5) is 16.2. The van der Waals surface area contributed by atoms with Gasteiger partial charge < -0.3 is 9.30 Å². The molecule has 3 rings (SSSR count). The first-order chi connectivity index (χ1) is 14.2. The molecule has 0 aliphatic carbocycles. The molecule has 9 nitrogen and oxygen atoms in total. The van der Waals surface area contributed by atoms with Gasteiger partial charge in [-0.25, -0.2) is 8.42 Å². The zero-order valence-corrected chi connectivity index (χ0v) is 18.0. The van der Waals surface area contributed by atoms with Crippen molar-refractivity contribution in [3.63, 3.8) is 0 Å². The van der Waals surface area contributed by atoms with Crippen molar-refractivity contribution in [2.24, 2.45) is 0 Å². The van der Waals surface area contributed by atoms with Crippen LogP contribution in [0.2, 0.25) is 5.02 Å². The topological polar surface area (TPSA) is 127 Å². The third kappa shape index (κ3) is 4.68. The highest BCUT2D eigenvalue weighted by atomic mass is 35.5. The highest BCUT2D eigenvalue weighted by molar-refractivity contribution is 7.90. The summed E-state index contributed by atoms with van der Waals surface area (Å²) in [5.74, 6) is -0.199. The maximum absolute atomic E-state index is 12.5. The molecule has 30 heavy (non-hydrogen) atoms. The molecule has 12 heteroatoms. The Morgan fingerprint density at radius 3 is 2.80 bits per heavy atom. The Morgan fingerprint density at radius 1 is 1.40 bits per heavy atom. The summed E-state index contributed by atoms with van der Waals surface area (Å²) >= 11 is 6.80. The number of benzene rings is 1. The second-order valence-corrected chi connectivity index (χ2v) is 9.00. The lowest BCUT2D eigenvalue weighted by Crippen LogP contribution is -2.14. The molecule has 0 aliphatic rings. The highest BCUT2D eigenvalue weighted by Crippen LogP contribution is 2.28. The number of carbonyl (C=O) groups is 1. The predicted molar refractivity (Wildman–Crippen MR) is 113 cm³/mol. The van der Waals surface area contributed by atoms with E-state index in [1.807, 2.05) is 6.07 Å². The van der Waals surface area contributed by atoms with Gasteiger partial charge in [0.2, 0.25) is 15.0 Å². The number of nitriles is 1. The molecule has 1 aromatic carbocycles. The van der Waals surface area contributed by atoms with E-state index in [2.05, 4.69) is 14.7 Å². The van der Waals surface area contributed by atoms with E-state index in [1.165, 1.54) is 13.2 Å². The Labute approximate surface area is 181 Å². The lowest BCUT2D eigenvalue weighted by atomic mass is 10.2. The van der Waals surface area contributed by atoms with E-state index in [9.17, 15) is 18.5 Å². The number of halogens is 1. The highest BCUT2D eigenvalue weighted by Gasteiger charge is 2.18. The van der Waals surface area contributed by atoms with Crippen LogP contribution in [0.1, 0.15) is 5.69 Å². The third-order valence-corrected chi connectivity index (χ3v) is 5.62. The van der Waals surface area contributed by atoms with Gasteiger partial charge in [-0.1, -0.05) is 11.6 Å². The van der Waals surface area contributed by atoms with Gasteiger partial charge in [-0.15, -0.1) is 0 Å². The molecule has 0 atom stereocenters. The first-order valence-corrected chi connectivity index (χ1v) is 11.3. The quantitative estimate of drug-likeness (QED) is 0.439. The number of rotatable bonds is 6. The normalized spacial score (nSPS) is 11.7. The standard InChI is InChI=1S/C18H14ClN5O4S2/c1-28-15-6-5-12(19)9-14(15)24-7-3-4-13(24)8-11(10-20)16(25)21-17-22-18(23-29-17)30(2,26)27/h3-9H,1-2H3,(H,21,22,23,25)/b11-8-. The Hall–Kier alpha value is -3.20. The minimum Gasteiger partial charge on any atom is -0.495 e. The summed E-state index contributed by atoms with van der Waals surface area (Å²) in [5.41, 5.74) is 0.935. The number of amides is 1. The SMILES string of the molecule is COc1ccc(Cl)cc1-n1cccc1/C=C(/C#N)C(=O)Nc1nc(S(C)(=O)=O)ns1. The number of carbonyl (C=O) groups excluding carboxylic acids is 1. The number of anilines is 1. The largest absolute Gasteiger partial charge is 0.495 e. The summed E-state index contributed by atoms with van der Waals surface area (Å²) in [6.45, 7) is 0. The molecule has 154 valence electrons. The fraction of sp³-hybridized carbons (Fsp3) is 0.111. The smallest absolute Gasteiger partial charge is 0.268 e. The maximum Gasteiger partial charge on any atom is 0.268 e. The van der Waals surface area contributed by atoms with Gasteiger partial charge in [0.25, 0.3) is 11.1 Å². The van der Waals surface area contributed by atoms with Crippen molar-refractivity contribution in [1.29, 1.82) is 5.26 Å². The van der Waals surface area contributed by atoms with E-state index in [4.69, 9.17) is 16.3 Å². The van der Waals surface area contributed by atoms with Gasteiger partial charge in [-0.2, -0.15) is 14.6 Å². The number of hydrogen-bond donors (Lipinski definition) is 1. The Morgan fingerprint density at radius 2 is 2.17 bits per heavy atom. The molecular weight excluding hydrogens is 450 g/mol. The van der Waals surface area contributed by atoms with Gasteiger partial charge in [0.05, 0.1) is 12.8 Å². The summed E-state index contributed by atoms with van der Waals surface area (Å²) < 4.78 is 33.7. The molecule has 0 saturated heterocycles. The van der Waals surface area contributed by atoms with Crippen molar-refractivity contribution in [3.8, 4) is 17.5 Å². The van der Waals surface area contributed by atoms with E-state index in [0.717, 1.165) is 6.26 Å². The molecule has 0 aliphatic heterocycles. The minimum absolute atomic E-state index is 0.0338. The zero-order chi connectivity index (χ0) is 21.9. The number of methoxy groups -OCH3 is 1. The van der Waals surface area contributed by atoms with Crippen LogP contribution < -0.4 is 10.1 Å². The van der Waals surface area contributed by atoms with Crippen molar-refractivity contribution in [3.05, 3.63) is 52.8 Å². The fourth-order valence-electron chi connectivity index (χ4n) is 2.45. The zero-order valence-electron chi connectivity index (χ0n) is 15.7. The van der Waals surface area contributed by atoms with Crippen LogP contribution in [0.25, 0.3) is 11.8 Å². The number of nitrogens with one attached hydrogen (secondary N) is 1. The van der Waals surface area contributed by atoms with Crippen LogP contribution in [0, 0.1) is 11.3 Å². The molecule has 0 spiro atoms. The Kier molecular flexibility index (Phi) is 6.21. The number of ether oxygens (including phenoxy) is 1. The first-order valence-electron chi connectivity index (χ1n) is 8.21. The summed E-state index contributed by atoms with van der Waals surface area (Å²) in [5, 5.41) is 11.9. The van der Waals surface area contributed by atoms with Gasteiger partial charge in [-0.3, -0.25) is 10.1 Å². The monoisotopic (exact) mass is 463 g/mol. The lowest BCUT2D eigenvalue weighted by molar-refractivity contribution is -0.112. The van der Waals surface area contributed by atoms with E-state index in [-0.39, 0.29) is 10.7 Å². The van der Waals surface area contributed by atoms with E-state index in [1.54, 1.807) is 41.1 Å². The van der Waals surface area contributed by atoms with Crippen LogP contribution in [0.5, 0.6) is 5.75 Å². The van der Waals surface area contributed by atoms with Crippen LogP contribution in [0.4, 0.5) is 5.13 Å². The molecule has 0 unspecified atom stereocenters. The van der Waals surface area contributed by atoms with E-state index >= 15 is 0 Å². The number of aromatic nitrogens is 3. The van der Waals surface area contributed by atoms with Gasteiger partial charge in [0, 0.05) is 34.7 Å². The van der Waals surface area contributed by atoms with Crippen LogP contribution in [-0.4, -0.2) is 41.6 Å². The molecule has 0 bridgehead atoms. The van der Waals surface area contributed by atoms with Crippen LogP contribution in [-0.2, 0) is 14.6 Å². The fourth-order valence-corrected chi connectivity index (χ4v) is 4.06. The summed E-state index contributed by atoms with van der Waals surface area (Å²) in [6, 6.07) is 10.4. The van der Waals surface area contributed by atoms with Crippen LogP contribution in [0.3, 0.4) is 0 Å². The molecule has 1 amide bonds. The average molecular weight is 464 g/mol. The molecule has 1 N–H and O–H groups in total. The molecule has 0 radical (unpaired) electrons. The summed E-state index contributed by atoms with van der Waals surface area (Å²) in [7, 11) is -2.08. The Bertz CT molecular complexity index is 1290. The van der Waals surface area contributed by atoms with Crippen molar-refractivity contribution >= 4 is 50.1 Å². The molecular formula is C18H14ClN5O4S2. The van der Waals surface area contributed by atoms with E-state index in [0.29, 0.717) is 33.7 Å². The van der Waals surface area contributed by atoms with E-state index < -0.39 is 20.9 Å². The number of nitrogens with zero attached hydrogens (tertiary/aromatic N) is 4. The molecule has 2 aromatic heterocycles. The van der Waals surface area contributed by atoms with Gasteiger partial charge in [-0.05, 0) is 36.4 Å². The lowest BCUT2D eigenvalue weighted by Gasteiger charge is -2.12. The first kappa shape index (κ1) is 21.5. The molecule has 3 aromatic rings. The van der Waals surface area contributed by atoms with Gasteiger partial charge in [0.1, 0.15) is 17.4 Å². The third-order valence-electron chi connectivity index (χ3n) is 3.80. The maximum atomic E-state index is 12.5. The molecule has 2 heterocycles.